The van der Waals surface area contributed by atoms with Crippen molar-refractivity contribution >= 4 is 39.5 Å². The molecule has 0 aromatic carbocycles. The first-order chi connectivity index (χ1) is 27.4. The van der Waals surface area contributed by atoms with E-state index in [2.05, 4.69) is 54.0 Å². The number of fused-ring (bicyclic) bond motifs is 2. The number of pyridine rings is 4. The van der Waals surface area contributed by atoms with Crippen molar-refractivity contribution in [1.82, 2.24) is 45.2 Å². The molecule has 2 saturated heterocycles. The second-order valence-electron chi connectivity index (χ2n) is 13.7. The Bertz CT molecular complexity index is 2270. The average molecular weight is 765 g/mol. The van der Waals surface area contributed by atoms with Crippen LogP contribution in [0.1, 0.15) is 20.3 Å². The van der Waals surface area contributed by atoms with Crippen molar-refractivity contribution in [2.45, 2.75) is 38.6 Å². The van der Waals surface area contributed by atoms with Crippen LogP contribution in [-0.4, -0.2) is 134 Å². The lowest BCUT2D eigenvalue weighted by Crippen LogP contribution is -2.48. The molecule has 56 heavy (non-hydrogen) atoms. The number of nitrogens with one attached hydrogen (secondary N) is 2. The number of carbonyl (C=O) groups is 1. The molecule has 0 aliphatic carbocycles. The third-order valence-electron chi connectivity index (χ3n) is 10.0. The SMILES string of the molecule is C[C@@H]1COCCN1c1cc(OCCCN(C(=O)O)C(CN)Oc2cc(N3CCOC[C@H]3C)nc3c(-c4ccn[nH]4)nccc23)c2ccnc(-c3ccn[nH]3)c2n1. The van der Waals surface area contributed by atoms with Gasteiger partial charge in [-0.05, 0) is 44.5 Å². The normalized spacial score (nSPS) is 18.0. The van der Waals surface area contributed by atoms with Gasteiger partial charge in [-0.1, -0.05) is 0 Å². The number of rotatable bonds is 13. The highest BCUT2D eigenvalue weighted by atomic mass is 16.5. The Labute approximate surface area is 321 Å². The van der Waals surface area contributed by atoms with E-state index < -0.39 is 12.3 Å². The van der Waals surface area contributed by atoms with Crippen LogP contribution in [0, 0.1) is 0 Å². The number of amides is 1. The highest BCUT2D eigenvalue weighted by molar-refractivity contribution is 5.96. The lowest BCUT2D eigenvalue weighted by Gasteiger charge is -2.35. The number of H-pyrrole nitrogens is 2. The number of hydrogen-bond acceptors (Lipinski definition) is 14. The van der Waals surface area contributed by atoms with Gasteiger partial charge in [-0.15, -0.1) is 0 Å². The van der Waals surface area contributed by atoms with Crippen LogP contribution < -0.4 is 25.0 Å². The third-order valence-corrected chi connectivity index (χ3v) is 10.0. The Hall–Kier alpha value is -6.11. The number of anilines is 2. The van der Waals surface area contributed by atoms with Crippen LogP contribution in [0.25, 0.3) is 44.6 Å². The van der Waals surface area contributed by atoms with E-state index >= 15 is 0 Å². The molecule has 2 fully saturated rings. The predicted molar refractivity (Wildman–Crippen MR) is 208 cm³/mol. The van der Waals surface area contributed by atoms with Gasteiger partial charge in [0.25, 0.3) is 0 Å². The maximum Gasteiger partial charge on any atom is 0.410 e. The fraction of sp³-hybridized carbons (Fsp3) is 0.395. The number of aromatic nitrogens is 8. The molecule has 18 heteroatoms. The summed E-state index contributed by atoms with van der Waals surface area (Å²) in [6.45, 7) is 7.91. The highest BCUT2D eigenvalue weighted by Crippen LogP contribution is 2.36. The van der Waals surface area contributed by atoms with Crippen molar-refractivity contribution in [3.05, 3.63) is 61.2 Å². The van der Waals surface area contributed by atoms with Gasteiger partial charge in [-0.2, -0.15) is 10.2 Å². The highest BCUT2D eigenvalue weighted by Gasteiger charge is 2.28. The number of carboxylic acid groups (broad SMARTS) is 1. The Morgan fingerprint density at radius 1 is 0.875 bits per heavy atom. The number of morpholine rings is 2. The standard InChI is InChI=1S/C38H44N12O6/c1-23-21-53-16-13-48(23)31-18-29(25-4-8-40-36(34(25)44-31)27-6-10-42-46-27)55-15-3-12-50(38(51)52)33(20-39)56-30-19-32(49-14-17-54-22-24(49)2)45-35-26(30)5-9-41-37(35)28-7-11-43-47-28/h4-11,18-19,23-24,33H,3,12-17,20-22,39H2,1-2H3,(H,42,46)(H,43,47)(H,51,52)/t23-,24-,33?/m1/s1. The number of nitrogens with zero attached hydrogens (tertiary/aromatic N) is 9. The fourth-order valence-corrected chi connectivity index (χ4v) is 7.20. The molecular weight excluding hydrogens is 720 g/mol. The summed E-state index contributed by atoms with van der Waals surface area (Å²) >= 11 is 0. The van der Waals surface area contributed by atoms with E-state index in [0.717, 1.165) is 16.9 Å². The third kappa shape index (κ3) is 7.45. The minimum absolute atomic E-state index is 0.0499. The molecule has 5 N–H and O–H groups in total. The van der Waals surface area contributed by atoms with Crippen molar-refractivity contribution in [2.75, 3.05) is 69.0 Å². The minimum atomic E-state index is -1.17. The van der Waals surface area contributed by atoms with Gasteiger partial charge in [0.15, 0.2) is 6.23 Å². The van der Waals surface area contributed by atoms with E-state index in [-0.39, 0.29) is 31.8 Å². The van der Waals surface area contributed by atoms with Crippen molar-refractivity contribution < 1.29 is 28.8 Å². The molecule has 1 unspecified atom stereocenters. The van der Waals surface area contributed by atoms with Gasteiger partial charge in [0, 0.05) is 73.9 Å². The molecular formula is C38H44N12O6. The zero-order valence-electron chi connectivity index (χ0n) is 31.2. The fourth-order valence-electron chi connectivity index (χ4n) is 7.20. The van der Waals surface area contributed by atoms with Crippen molar-refractivity contribution in [3.8, 4) is 34.3 Å². The first-order valence-corrected chi connectivity index (χ1v) is 18.7. The summed E-state index contributed by atoms with van der Waals surface area (Å²) in [5, 5.41) is 26.1. The maximum atomic E-state index is 12.8. The average Bonchev–Trinajstić information content (AvgIpc) is 3.96. The maximum absolute atomic E-state index is 12.8. The molecule has 8 rings (SSSR count). The molecule has 8 heterocycles. The molecule has 0 spiro atoms. The molecule has 0 radical (unpaired) electrons. The first-order valence-electron chi connectivity index (χ1n) is 18.7. The summed E-state index contributed by atoms with van der Waals surface area (Å²) < 4.78 is 24.4. The summed E-state index contributed by atoms with van der Waals surface area (Å²) in [5.41, 5.74) is 10.2. The summed E-state index contributed by atoms with van der Waals surface area (Å²) in [4.78, 5) is 37.7. The summed E-state index contributed by atoms with van der Waals surface area (Å²) in [5.74, 6) is 2.43. The summed E-state index contributed by atoms with van der Waals surface area (Å²) in [7, 11) is 0. The largest absolute Gasteiger partial charge is 0.493 e. The molecule has 6 aromatic rings. The first kappa shape index (κ1) is 36.8. The van der Waals surface area contributed by atoms with E-state index in [9.17, 15) is 9.90 Å². The van der Waals surface area contributed by atoms with Crippen molar-refractivity contribution in [2.24, 2.45) is 5.73 Å². The lowest BCUT2D eigenvalue weighted by molar-refractivity contribution is 0.0337. The number of aromatic amines is 2. The van der Waals surface area contributed by atoms with Gasteiger partial charge in [-0.25, -0.2) is 14.8 Å². The van der Waals surface area contributed by atoms with Crippen LogP contribution in [0.4, 0.5) is 16.4 Å². The molecule has 0 bridgehead atoms. The molecule has 0 saturated carbocycles. The van der Waals surface area contributed by atoms with Gasteiger partial charge in [-0.3, -0.25) is 25.1 Å². The Balaban J connectivity index is 1.05. The minimum Gasteiger partial charge on any atom is -0.493 e. The molecule has 18 nitrogen and oxygen atoms in total. The monoisotopic (exact) mass is 764 g/mol. The van der Waals surface area contributed by atoms with Crippen molar-refractivity contribution in [3.63, 3.8) is 0 Å². The molecule has 1 amide bonds. The topological polar surface area (TPSA) is 219 Å². The zero-order valence-corrected chi connectivity index (χ0v) is 31.2. The van der Waals surface area contributed by atoms with Crippen LogP contribution in [0.3, 0.4) is 0 Å². The van der Waals surface area contributed by atoms with Crippen LogP contribution in [0.15, 0.2) is 61.2 Å². The molecule has 6 aromatic heterocycles. The smallest absolute Gasteiger partial charge is 0.410 e. The molecule has 292 valence electrons. The van der Waals surface area contributed by atoms with E-state index in [1.54, 1.807) is 30.9 Å². The van der Waals surface area contributed by atoms with Gasteiger partial charge < -0.3 is 39.6 Å². The van der Waals surface area contributed by atoms with Gasteiger partial charge in [0.1, 0.15) is 45.6 Å². The Kier molecular flexibility index (Phi) is 10.7. The van der Waals surface area contributed by atoms with Crippen LogP contribution in [0.2, 0.25) is 0 Å². The Morgan fingerprint density at radius 3 is 1.93 bits per heavy atom. The van der Waals surface area contributed by atoms with Gasteiger partial charge in [0.05, 0.1) is 56.5 Å². The van der Waals surface area contributed by atoms with Crippen LogP contribution in [0.5, 0.6) is 11.5 Å². The summed E-state index contributed by atoms with van der Waals surface area (Å²) in [6, 6.07) is 11.2. The summed E-state index contributed by atoms with van der Waals surface area (Å²) in [6.07, 6.45) is 4.85. The molecule has 2 aliphatic rings. The second-order valence-corrected chi connectivity index (χ2v) is 13.7. The van der Waals surface area contributed by atoms with Gasteiger partial charge >= 0.3 is 6.09 Å². The van der Waals surface area contributed by atoms with E-state index in [4.69, 9.17) is 34.6 Å². The zero-order chi connectivity index (χ0) is 38.6. The second kappa shape index (κ2) is 16.3. The Morgan fingerprint density at radius 2 is 1.43 bits per heavy atom. The van der Waals surface area contributed by atoms with E-state index in [1.807, 2.05) is 30.3 Å². The van der Waals surface area contributed by atoms with E-state index in [1.165, 1.54) is 4.90 Å². The van der Waals surface area contributed by atoms with Crippen molar-refractivity contribution in [1.29, 1.82) is 0 Å². The number of hydrogen-bond donors (Lipinski definition) is 4. The van der Waals surface area contributed by atoms with E-state index in [0.29, 0.717) is 96.8 Å². The van der Waals surface area contributed by atoms with Gasteiger partial charge in [0.2, 0.25) is 0 Å². The molecule has 2 aliphatic heterocycles. The molecule has 3 atom stereocenters. The number of nitrogens with two attached hydrogens (primary N) is 1. The number of ether oxygens (including phenoxy) is 4. The predicted octanol–water partition coefficient (Wildman–Crippen LogP) is 3.92. The quantitative estimate of drug-likeness (QED) is 0.0968. The lowest BCUT2D eigenvalue weighted by atomic mass is 10.1. The van der Waals surface area contributed by atoms with Crippen LogP contribution >= 0.6 is 0 Å². The van der Waals surface area contributed by atoms with Crippen LogP contribution in [-0.2, 0) is 9.47 Å².